The van der Waals surface area contributed by atoms with Gasteiger partial charge in [-0.2, -0.15) is 4.98 Å². The van der Waals surface area contributed by atoms with Gasteiger partial charge in [0.15, 0.2) is 17.1 Å². The monoisotopic (exact) mass is 498 g/mol. The molecule has 0 unspecified atom stereocenters. The number of ether oxygens (including phenoxy) is 2. The fourth-order valence-corrected chi connectivity index (χ4v) is 5.15. The van der Waals surface area contributed by atoms with E-state index in [1.165, 1.54) is 16.7 Å². The van der Waals surface area contributed by atoms with Gasteiger partial charge in [0, 0.05) is 51.4 Å². The first-order valence-electron chi connectivity index (χ1n) is 12.9. The zero-order valence-electron chi connectivity index (χ0n) is 22.3. The number of hydrogen-bond acceptors (Lipinski definition) is 7. The van der Waals surface area contributed by atoms with Crippen LogP contribution in [0.4, 0.5) is 11.6 Å². The maximum absolute atomic E-state index is 5.57. The van der Waals surface area contributed by atoms with E-state index in [9.17, 15) is 0 Å². The van der Waals surface area contributed by atoms with E-state index in [4.69, 9.17) is 19.4 Å². The summed E-state index contributed by atoms with van der Waals surface area (Å²) in [6, 6.07) is 13.0. The molecule has 0 radical (unpaired) electrons. The molecule has 2 aliphatic heterocycles. The number of fused-ring (bicyclic) bond motifs is 2. The topological polar surface area (TPSA) is 68.5 Å². The van der Waals surface area contributed by atoms with Crippen LogP contribution in [0.3, 0.4) is 0 Å². The lowest BCUT2D eigenvalue weighted by Crippen LogP contribution is -2.47. The normalized spacial score (nSPS) is 15.6. The van der Waals surface area contributed by atoms with Gasteiger partial charge in [-0.05, 0) is 41.2 Å². The van der Waals surface area contributed by atoms with Crippen molar-refractivity contribution in [3.8, 4) is 11.5 Å². The second kappa shape index (κ2) is 8.94. The summed E-state index contributed by atoms with van der Waals surface area (Å²) in [5, 5.41) is 0. The van der Waals surface area contributed by atoms with Crippen LogP contribution in [0.5, 0.6) is 11.5 Å². The Kier molecular flexibility index (Phi) is 5.70. The van der Waals surface area contributed by atoms with E-state index < -0.39 is 0 Å². The number of piperazine rings is 1. The van der Waals surface area contributed by atoms with E-state index >= 15 is 0 Å². The van der Waals surface area contributed by atoms with Crippen LogP contribution < -0.4 is 19.3 Å². The molecule has 2 aliphatic rings. The zero-order chi connectivity index (χ0) is 25.7. The fraction of sp³-hybridized carbons (Fsp3) is 0.414. The van der Waals surface area contributed by atoms with Gasteiger partial charge in [0.05, 0.1) is 12.0 Å². The van der Waals surface area contributed by atoms with Gasteiger partial charge in [0.25, 0.3) is 0 Å². The highest BCUT2D eigenvalue weighted by Gasteiger charge is 2.24. The molecule has 0 amide bonds. The van der Waals surface area contributed by atoms with Crippen LogP contribution in [0.2, 0.25) is 0 Å². The van der Waals surface area contributed by atoms with Gasteiger partial charge in [-0.1, -0.05) is 39.0 Å². The van der Waals surface area contributed by atoms with Gasteiger partial charge in [0.1, 0.15) is 5.52 Å². The standard InChI is InChI=1S/C29H34N6O2/c1-19-6-7-21(29(2,3)4)14-20(19)15-23-26-27(30-17-33(26)5)32-28(31-23)35-12-10-34(11-13-35)22-8-9-24-25(16-22)37-18-36-24/h6-9,14,16-17H,10-13,15,18H2,1-5H3. The summed E-state index contributed by atoms with van der Waals surface area (Å²) in [4.78, 5) is 19.3. The predicted molar refractivity (Wildman–Crippen MR) is 146 cm³/mol. The van der Waals surface area contributed by atoms with Crippen molar-refractivity contribution in [2.45, 2.75) is 39.5 Å². The highest BCUT2D eigenvalue weighted by atomic mass is 16.7. The summed E-state index contributed by atoms with van der Waals surface area (Å²) < 4.78 is 13.1. The molecule has 37 heavy (non-hydrogen) atoms. The molecule has 4 aromatic rings. The number of benzene rings is 2. The molecule has 2 aromatic heterocycles. The van der Waals surface area contributed by atoms with E-state index in [1.54, 1.807) is 0 Å². The molecular weight excluding hydrogens is 464 g/mol. The Morgan fingerprint density at radius 2 is 1.65 bits per heavy atom. The van der Waals surface area contributed by atoms with Crippen LogP contribution in [0.15, 0.2) is 42.7 Å². The first-order chi connectivity index (χ1) is 17.8. The van der Waals surface area contributed by atoms with Gasteiger partial charge < -0.3 is 23.8 Å². The molecule has 0 saturated carbocycles. The molecule has 0 spiro atoms. The number of aryl methyl sites for hydroxylation is 2. The lowest BCUT2D eigenvalue weighted by molar-refractivity contribution is 0.174. The molecule has 8 nitrogen and oxygen atoms in total. The number of nitrogens with zero attached hydrogens (tertiary/aromatic N) is 6. The average molecular weight is 499 g/mol. The van der Waals surface area contributed by atoms with Crippen LogP contribution >= 0.6 is 0 Å². The van der Waals surface area contributed by atoms with E-state index in [1.807, 2.05) is 24.0 Å². The van der Waals surface area contributed by atoms with Crippen LogP contribution in [0.25, 0.3) is 11.2 Å². The maximum atomic E-state index is 5.57. The molecule has 192 valence electrons. The quantitative estimate of drug-likeness (QED) is 0.407. The Balaban J connectivity index is 1.27. The van der Waals surface area contributed by atoms with Crippen LogP contribution in [-0.2, 0) is 18.9 Å². The molecule has 1 fully saturated rings. The third kappa shape index (κ3) is 4.45. The van der Waals surface area contributed by atoms with Gasteiger partial charge in [-0.25, -0.2) is 9.97 Å². The van der Waals surface area contributed by atoms with Crippen molar-refractivity contribution in [3.63, 3.8) is 0 Å². The number of rotatable bonds is 4. The van der Waals surface area contributed by atoms with Crippen molar-refractivity contribution in [1.29, 1.82) is 0 Å². The molecular formula is C29H34N6O2. The van der Waals surface area contributed by atoms with Gasteiger partial charge in [-0.3, -0.25) is 0 Å². The van der Waals surface area contributed by atoms with Gasteiger partial charge >= 0.3 is 0 Å². The molecule has 6 rings (SSSR count). The van der Waals surface area contributed by atoms with Crippen LogP contribution in [-0.4, -0.2) is 52.5 Å². The molecule has 0 N–H and O–H groups in total. The first-order valence-corrected chi connectivity index (χ1v) is 12.9. The molecule has 0 bridgehead atoms. The van der Waals surface area contributed by atoms with Crippen molar-refractivity contribution in [3.05, 3.63) is 65.1 Å². The fourth-order valence-electron chi connectivity index (χ4n) is 5.15. The van der Waals surface area contributed by atoms with Crippen LogP contribution in [0, 0.1) is 6.92 Å². The van der Waals surface area contributed by atoms with E-state index in [2.05, 4.69) is 72.8 Å². The Morgan fingerprint density at radius 1 is 0.892 bits per heavy atom. The lowest BCUT2D eigenvalue weighted by atomic mass is 9.84. The Hall–Kier alpha value is -3.81. The minimum absolute atomic E-state index is 0.0960. The summed E-state index contributed by atoms with van der Waals surface area (Å²) in [6.07, 6.45) is 2.58. The number of anilines is 2. The first kappa shape index (κ1) is 23.6. The van der Waals surface area contributed by atoms with E-state index in [-0.39, 0.29) is 5.41 Å². The SMILES string of the molecule is Cc1ccc(C(C)(C)C)cc1Cc1nc(N2CCN(c3ccc4c(c3)OCO4)CC2)nc2ncn(C)c12. The second-order valence-corrected chi connectivity index (χ2v) is 11.1. The van der Waals surface area contributed by atoms with Crippen molar-refractivity contribution >= 4 is 22.8 Å². The largest absolute Gasteiger partial charge is 0.454 e. The van der Waals surface area contributed by atoms with E-state index in [0.29, 0.717) is 6.79 Å². The Morgan fingerprint density at radius 3 is 2.43 bits per heavy atom. The van der Waals surface area contributed by atoms with Crippen LogP contribution in [0.1, 0.15) is 43.2 Å². The Bertz CT molecular complexity index is 1460. The van der Waals surface area contributed by atoms with Crippen molar-refractivity contribution in [2.75, 3.05) is 42.8 Å². The molecule has 0 atom stereocenters. The average Bonchev–Trinajstić information content (AvgIpc) is 3.51. The summed E-state index contributed by atoms with van der Waals surface area (Å²) in [6.45, 7) is 12.7. The van der Waals surface area contributed by atoms with Crippen molar-refractivity contribution < 1.29 is 9.47 Å². The maximum Gasteiger partial charge on any atom is 0.231 e. The molecule has 2 aromatic carbocycles. The number of hydrogen-bond donors (Lipinski definition) is 0. The minimum atomic E-state index is 0.0960. The smallest absolute Gasteiger partial charge is 0.231 e. The highest BCUT2D eigenvalue weighted by Crippen LogP contribution is 2.36. The minimum Gasteiger partial charge on any atom is -0.454 e. The molecule has 0 aliphatic carbocycles. The summed E-state index contributed by atoms with van der Waals surface area (Å²) in [5.74, 6) is 2.39. The third-order valence-corrected chi connectivity index (χ3v) is 7.49. The highest BCUT2D eigenvalue weighted by molar-refractivity contribution is 5.75. The third-order valence-electron chi connectivity index (χ3n) is 7.49. The molecule has 1 saturated heterocycles. The summed E-state index contributed by atoms with van der Waals surface area (Å²) >= 11 is 0. The molecule has 4 heterocycles. The summed E-state index contributed by atoms with van der Waals surface area (Å²) in [7, 11) is 2.02. The van der Waals surface area contributed by atoms with Gasteiger partial charge in [-0.15, -0.1) is 0 Å². The lowest BCUT2D eigenvalue weighted by Gasteiger charge is -2.36. The number of aromatic nitrogens is 4. The second-order valence-electron chi connectivity index (χ2n) is 11.1. The molecule has 8 heteroatoms. The predicted octanol–water partition coefficient (Wildman–Crippen LogP) is 4.62. The van der Waals surface area contributed by atoms with Crippen molar-refractivity contribution in [1.82, 2.24) is 19.5 Å². The van der Waals surface area contributed by atoms with Gasteiger partial charge in [0.2, 0.25) is 12.7 Å². The van der Waals surface area contributed by atoms with E-state index in [0.717, 1.165) is 72.6 Å². The zero-order valence-corrected chi connectivity index (χ0v) is 22.3. The summed E-state index contributed by atoms with van der Waals surface area (Å²) in [5.41, 5.74) is 7.94. The Labute approximate surface area is 217 Å². The number of imidazole rings is 1. The van der Waals surface area contributed by atoms with Crippen molar-refractivity contribution in [2.24, 2.45) is 7.05 Å².